The van der Waals surface area contributed by atoms with Gasteiger partial charge < -0.3 is 16.0 Å². The summed E-state index contributed by atoms with van der Waals surface area (Å²) in [6.45, 7) is 0. The Balaban J connectivity index is 3.28. The van der Waals surface area contributed by atoms with Gasteiger partial charge in [-0.3, -0.25) is 0 Å². The van der Waals surface area contributed by atoms with Crippen LogP contribution in [-0.4, -0.2) is 17.0 Å². The number of nitrogen functional groups attached to an aromatic ring is 1. The number of H-pyrrole nitrogens is 1. The maximum Gasteiger partial charge on any atom is 0.154 e. The fourth-order valence-electron chi connectivity index (χ4n) is 0.617. The van der Waals surface area contributed by atoms with Gasteiger partial charge in [-0.2, -0.15) is 0 Å². The van der Waals surface area contributed by atoms with Crippen LogP contribution >= 0.6 is 12.2 Å². The van der Waals surface area contributed by atoms with Crippen LogP contribution in [0.5, 0.6) is 0 Å². The van der Waals surface area contributed by atoms with Gasteiger partial charge in [0.1, 0.15) is 11.5 Å². The van der Waals surface area contributed by atoms with Crippen molar-refractivity contribution in [2.75, 3.05) is 18.1 Å². The highest BCUT2D eigenvalue weighted by molar-refractivity contribution is 7.71. The van der Waals surface area contributed by atoms with Gasteiger partial charge in [0, 0.05) is 7.05 Å². The van der Waals surface area contributed by atoms with Crippen molar-refractivity contribution in [2.45, 2.75) is 0 Å². The topological polar surface area (TPSA) is 66.7 Å². The molecule has 1 heterocycles. The number of nitrogens with zero attached hydrogens (tertiary/aromatic N) is 1. The van der Waals surface area contributed by atoms with Crippen molar-refractivity contribution in [3.05, 3.63) is 11.0 Å². The molecule has 4 nitrogen and oxygen atoms in total. The SMILES string of the molecule is CNc1[nH]cnc(=S)c1N. The molecule has 0 aliphatic carbocycles. The lowest BCUT2D eigenvalue weighted by Crippen LogP contribution is -1.99. The van der Waals surface area contributed by atoms with Crippen molar-refractivity contribution in [3.8, 4) is 0 Å². The van der Waals surface area contributed by atoms with Gasteiger partial charge in [0.05, 0.1) is 6.33 Å². The van der Waals surface area contributed by atoms with Gasteiger partial charge >= 0.3 is 0 Å². The average molecular weight is 156 g/mol. The third-order valence-electron chi connectivity index (χ3n) is 1.14. The summed E-state index contributed by atoms with van der Waals surface area (Å²) in [5, 5.41) is 2.85. The van der Waals surface area contributed by atoms with Crippen LogP contribution in [0.1, 0.15) is 0 Å². The molecule has 0 amide bonds. The first-order chi connectivity index (χ1) is 4.75. The minimum atomic E-state index is 0.420. The summed E-state index contributed by atoms with van der Waals surface area (Å²) >= 11 is 4.81. The summed E-state index contributed by atoms with van der Waals surface area (Å²) in [5.74, 6) is 0.708. The van der Waals surface area contributed by atoms with Crippen molar-refractivity contribution in [2.24, 2.45) is 0 Å². The van der Waals surface area contributed by atoms with E-state index in [4.69, 9.17) is 18.0 Å². The number of nitrogens with one attached hydrogen (secondary N) is 2. The molecule has 10 heavy (non-hydrogen) atoms. The number of aromatic nitrogens is 2. The summed E-state index contributed by atoms with van der Waals surface area (Å²) in [7, 11) is 1.76. The van der Waals surface area contributed by atoms with Crippen molar-refractivity contribution in [1.82, 2.24) is 9.97 Å². The molecule has 0 radical (unpaired) electrons. The first-order valence-electron chi connectivity index (χ1n) is 2.76. The van der Waals surface area contributed by atoms with Crippen LogP contribution in [0.3, 0.4) is 0 Å². The zero-order valence-electron chi connectivity index (χ0n) is 5.51. The quantitative estimate of drug-likeness (QED) is 0.525. The summed E-state index contributed by atoms with van der Waals surface area (Å²) in [5.41, 5.74) is 6.02. The number of aromatic amines is 1. The number of hydrogen-bond donors (Lipinski definition) is 3. The molecule has 1 aromatic heterocycles. The second-order valence-corrected chi connectivity index (χ2v) is 2.13. The van der Waals surface area contributed by atoms with E-state index in [1.54, 1.807) is 7.05 Å². The molecule has 1 aromatic rings. The lowest BCUT2D eigenvalue weighted by atomic mass is 10.5. The molecule has 0 saturated carbocycles. The smallest absolute Gasteiger partial charge is 0.154 e. The Kier molecular flexibility index (Phi) is 1.86. The van der Waals surface area contributed by atoms with Gasteiger partial charge in [0.2, 0.25) is 0 Å². The zero-order valence-corrected chi connectivity index (χ0v) is 6.33. The molecule has 0 saturated heterocycles. The van der Waals surface area contributed by atoms with Gasteiger partial charge in [0.25, 0.3) is 0 Å². The highest BCUT2D eigenvalue weighted by Gasteiger charge is 1.95. The number of rotatable bonds is 1. The summed E-state index contributed by atoms with van der Waals surface area (Å²) in [6, 6.07) is 0. The van der Waals surface area contributed by atoms with Gasteiger partial charge in [-0.25, -0.2) is 4.98 Å². The van der Waals surface area contributed by atoms with Crippen LogP contribution in [0.15, 0.2) is 6.33 Å². The van der Waals surface area contributed by atoms with Crippen LogP contribution in [0.4, 0.5) is 11.5 Å². The minimum Gasteiger partial charge on any atom is -0.393 e. The van der Waals surface area contributed by atoms with Crippen molar-refractivity contribution in [3.63, 3.8) is 0 Å². The van der Waals surface area contributed by atoms with Crippen LogP contribution in [0.2, 0.25) is 0 Å². The molecule has 4 N–H and O–H groups in total. The molecule has 0 aliphatic rings. The van der Waals surface area contributed by atoms with Gasteiger partial charge in [-0.1, -0.05) is 12.2 Å². The van der Waals surface area contributed by atoms with Crippen LogP contribution in [-0.2, 0) is 0 Å². The molecule has 1 rings (SSSR count). The van der Waals surface area contributed by atoms with Crippen LogP contribution in [0, 0.1) is 4.64 Å². The Hall–Kier alpha value is -1.10. The van der Waals surface area contributed by atoms with Gasteiger partial charge in [-0.15, -0.1) is 0 Å². The maximum atomic E-state index is 5.53. The normalized spacial score (nSPS) is 9.30. The van der Waals surface area contributed by atoms with Crippen LogP contribution in [0.25, 0.3) is 0 Å². The fourth-order valence-corrected chi connectivity index (χ4v) is 0.771. The summed E-state index contributed by atoms with van der Waals surface area (Å²) in [4.78, 5) is 6.59. The molecule has 0 spiro atoms. The predicted octanol–water partition coefficient (Wildman–Crippen LogP) is 0.763. The molecule has 0 atom stereocenters. The Morgan fingerprint density at radius 2 is 2.50 bits per heavy atom. The molecule has 5 heteroatoms. The highest BCUT2D eigenvalue weighted by Crippen LogP contribution is 2.11. The molecule has 0 unspecified atom stereocenters. The van der Waals surface area contributed by atoms with Gasteiger partial charge in [-0.05, 0) is 0 Å². The molecule has 0 fully saturated rings. The average Bonchev–Trinajstić information content (AvgIpc) is 1.95. The largest absolute Gasteiger partial charge is 0.393 e. The van der Waals surface area contributed by atoms with E-state index in [0.29, 0.717) is 16.1 Å². The van der Waals surface area contributed by atoms with E-state index in [2.05, 4.69) is 15.3 Å². The zero-order chi connectivity index (χ0) is 7.56. The van der Waals surface area contributed by atoms with E-state index in [-0.39, 0.29) is 0 Å². The second-order valence-electron chi connectivity index (χ2n) is 1.75. The minimum absolute atomic E-state index is 0.420. The molecular formula is C5H8N4S. The lowest BCUT2D eigenvalue weighted by Gasteiger charge is -2.01. The van der Waals surface area contributed by atoms with Crippen molar-refractivity contribution >= 4 is 23.7 Å². The number of hydrogen-bond acceptors (Lipinski definition) is 4. The van der Waals surface area contributed by atoms with E-state index in [9.17, 15) is 0 Å². The van der Waals surface area contributed by atoms with Crippen molar-refractivity contribution in [1.29, 1.82) is 0 Å². The summed E-state index contributed by atoms with van der Waals surface area (Å²) in [6.07, 6.45) is 1.50. The van der Waals surface area contributed by atoms with E-state index in [1.807, 2.05) is 0 Å². The first-order valence-corrected chi connectivity index (χ1v) is 3.17. The highest BCUT2D eigenvalue weighted by atomic mass is 32.1. The lowest BCUT2D eigenvalue weighted by molar-refractivity contribution is 1.15. The molecule has 0 aromatic carbocycles. The monoisotopic (exact) mass is 156 g/mol. The van der Waals surface area contributed by atoms with E-state index in [1.165, 1.54) is 6.33 Å². The number of nitrogens with two attached hydrogens (primary N) is 1. The van der Waals surface area contributed by atoms with Crippen LogP contribution < -0.4 is 11.1 Å². The van der Waals surface area contributed by atoms with E-state index < -0.39 is 0 Å². The third-order valence-corrected chi connectivity index (χ3v) is 1.47. The maximum absolute atomic E-state index is 5.53. The Morgan fingerprint density at radius 1 is 1.80 bits per heavy atom. The predicted molar refractivity (Wildman–Crippen MR) is 43.4 cm³/mol. The van der Waals surface area contributed by atoms with E-state index in [0.717, 1.165) is 0 Å². The summed E-state index contributed by atoms with van der Waals surface area (Å²) < 4.78 is 0.420. The molecule has 0 aliphatic heterocycles. The molecule has 0 bridgehead atoms. The molecular weight excluding hydrogens is 148 g/mol. The number of anilines is 2. The Morgan fingerprint density at radius 3 is 3.00 bits per heavy atom. The second kappa shape index (κ2) is 2.66. The van der Waals surface area contributed by atoms with E-state index >= 15 is 0 Å². The fraction of sp³-hybridized carbons (Fsp3) is 0.200. The third kappa shape index (κ3) is 1.08. The molecule has 54 valence electrons. The van der Waals surface area contributed by atoms with Gasteiger partial charge in [0.15, 0.2) is 4.64 Å². The standard InChI is InChI=1S/C5H8N4S/c1-7-4-3(6)5(10)9-2-8-4/h2H,6H2,1H3,(H2,7,8,9,10). The van der Waals surface area contributed by atoms with Crippen molar-refractivity contribution < 1.29 is 0 Å². The Bertz CT molecular complexity index is 279. The Labute approximate surface area is 63.5 Å². The first kappa shape index (κ1) is 7.01.